The lowest BCUT2D eigenvalue weighted by atomic mass is 10.1. The summed E-state index contributed by atoms with van der Waals surface area (Å²) in [6, 6.07) is 0. The van der Waals surface area contributed by atoms with E-state index in [0.29, 0.717) is 11.2 Å². The molecule has 0 spiro atoms. The molecule has 0 aliphatic rings. The van der Waals surface area contributed by atoms with E-state index < -0.39 is 0 Å². The number of hydrogen-bond acceptors (Lipinski definition) is 1. The SMILES string of the molecule is CCC(SCC[O])C(C)C. The second-order valence-corrected chi connectivity index (χ2v) is 4.11. The van der Waals surface area contributed by atoms with Gasteiger partial charge in [-0.3, -0.25) is 0 Å². The van der Waals surface area contributed by atoms with Crippen molar-refractivity contribution in [3.8, 4) is 0 Å². The molecule has 0 heterocycles. The van der Waals surface area contributed by atoms with Crippen LogP contribution in [0, 0.1) is 5.92 Å². The van der Waals surface area contributed by atoms with Crippen LogP contribution in [0.5, 0.6) is 0 Å². The third kappa shape index (κ3) is 4.18. The Kier molecular flexibility index (Phi) is 6.24. The maximum atomic E-state index is 10.2. The van der Waals surface area contributed by atoms with Crippen molar-refractivity contribution >= 4 is 11.8 Å². The highest BCUT2D eigenvalue weighted by Crippen LogP contribution is 2.21. The van der Waals surface area contributed by atoms with E-state index in [2.05, 4.69) is 20.8 Å². The molecule has 10 heavy (non-hydrogen) atoms. The van der Waals surface area contributed by atoms with Gasteiger partial charge in [-0.2, -0.15) is 11.8 Å². The van der Waals surface area contributed by atoms with Crippen LogP contribution >= 0.6 is 11.8 Å². The third-order valence-corrected chi connectivity index (χ3v) is 3.27. The predicted octanol–water partition coefficient (Wildman–Crippen LogP) is 2.58. The zero-order chi connectivity index (χ0) is 7.98. The molecule has 0 aliphatic carbocycles. The summed E-state index contributed by atoms with van der Waals surface area (Å²) in [6.07, 6.45) is 1.18. The molecule has 0 rings (SSSR count). The molecule has 0 fully saturated rings. The smallest absolute Gasteiger partial charge is 0.0912 e. The second-order valence-electron chi connectivity index (χ2n) is 2.77. The Morgan fingerprint density at radius 2 is 2.00 bits per heavy atom. The molecule has 0 bridgehead atoms. The molecule has 1 atom stereocenters. The Labute approximate surface area is 68.2 Å². The lowest BCUT2D eigenvalue weighted by molar-refractivity contribution is 0.215. The Morgan fingerprint density at radius 1 is 1.40 bits per heavy atom. The first-order valence-electron chi connectivity index (χ1n) is 3.92. The molecule has 0 aromatic rings. The van der Waals surface area contributed by atoms with Crippen molar-refractivity contribution in [2.75, 3.05) is 12.4 Å². The highest BCUT2D eigenvalue weighted by Gasteiger charge is 2.09. The van der Waals surface area contributed by atoms with Crippen molar-refractivity contribution in [2.45, 2.75) is 32.4 Å². The van der Waals surface area contributed by atoms with Crippen LogP contribution in [0.15, 0.2) is 0 Å². The van der Waals surface area contributed by atoms with Gasteiger partial charge in [0.25, 0.3) is 0 Å². The molecule has 1 nitrogen and oxygen atoms in total. The summed E-state index contributed by atoms with van der Waals surface area (Å²) >= 11 is 1.82. The number of rotatable bonds is 5. The fraction of sp³-hybridized carbons (Fsp3) is 1.00. The van der Waals surface area contributed by atoms with Crippen LogP contribution in [0.2, 0.25) is 0 Å². The number of hydrogen-bond donors (Lipinski definition) is 0. The third-order valence-electron chi connectivity index (χ3n) is 1.56. The van der Waals surface area contributed by atoms with Gasteiger partial charge in [0.2, 0.25) is 0 Å². The first-order chi connectivity index (χ1) is 4.72. The van der Waals surface area contributed by atoms with Gasteiger partial charge >= 0.3 is 0 Å². The summed E-state index contributed by atoms with van der Waals surface area (Å²) in [5.41, 5.74) is 0. The Balaban J connectivity index is 3.40. The minimum Gasteiger partial charge on any atom is -0.236 e. The van der Waals surface area contributed by atoms with E-state index in [4.69, 9.17) is 0 Å². The first kappa shape index (κ1) is 10.3. The average molecular weight is 161 g/mol. The van der Waals surface area contributed by atoms with E-state index in [9.17, 15) is 5.11 Å². The average Bonchev–Trinajstić information content (AvgIpc) is 1.89. The van der Waals surface area contributed by atoms with E-state index >= 15 is 0 Å². The quantitative estimate of drug-likeness (QED) is 0.606. The summed E-state index contributed by atoms with van der Waals surface area (Å²) in [6.45, 7) is 6.67. The molecule has 2 heteroatoms. The summed E-state index contributed by atoms with van der Waals surface area (Å²) in [4.78, 5) is 0. The maximum absolute atomic E-state index is 10.2. The van der Waals surface area contributed by atoms with Gasteiger partial charge < -0.3 is 0 Å². The van der Waals surface area contributed by atoms with Gasteiger partial charge in [0.1, 0.15) is 0 Å². The molecule has 0 aliphatic heterocycles. The second kappa shape index (κ2) is 6.05. The van der Waals surface area contributed by atoms with Crippen molar-refractivity contribution in [3.63, 3.8) is 0 Å². The molecule has 1 unspecified atom stereocenters. The van der Waals surface area contributed by atoms with Crippen LogP contribution in [0.4, 0.5) is 0 Å². The summed E-state index contributed by atoms with van der Waals surface area (Å²) < 4.78 is 0. The van der Waals surface area contributed by atoms with Crippen molar-refractivity contribution in [2.24, 2.45) is 5.92 Å². The molecule has 0 amide bonds. The van der Waals surface area contributed by atoms with Gasteiger partial charge in [-0.05, 0) is 12.3 Å². The highest BCUT2D eigenvalue weighted by molar-refractivity contribution is 7.99. The molecule has 0 aromatic heterocycles. The molecular formula is C8H17OS. The lowest BCUT2D eigenvalue weighted by Gasteiger charge is -2.17. The van der Waals surface area contributed by atoms with Crippen molar-refractivity contribution < 1.29 is 5.11 Å². The fourth-order valence-corrected chi connectivity index (χ4v) is 2.00. The minimum absolute atomic E-state index is 0.0634. The molecule has 61 valence electrons. The summed E-state index contributed by atoms with van der Waals surface area (Å²) in [7, 11) is 0. The van der Waals surface area contributed by atoms with Crippen LogP contribution < -0.4 is 0 Å². The van der Waals surface area contributed by atoms with E-state index in [0.717, 1.165) is 5.75 Å². The van der Waals surface area contributed by atoms with Gasteiger partial charge in [-0.15, -0.1) is 0 Å². The summed E-state index contributed by atoms with van der Waals surface area (Å²) in [5.74, 6) is 1.48. The standard InChI is InChI=1S/C8H17OS/c1-4-8(7(2)3)10-6-5-9/h7-8H,4-6H2,1-3H3. The number of thioether (sulfide) groups is 1. The predicted molar refractivity (Wildman–Crippen MR) is 46.9 cm³/mol. The van der Waals surface area contributed by atoms with Crippen molar-refractivity contribution in [1.29, 1.82) is 0 Å². The van der Waals surface area contributed by atoms with Crippen molar-refractivity contribution in [1.82, 2.24) is 0 Å². The van der Waals surface area contributed by atoms with Crippen LogP contribution in [0.1, 0.15) is 27.2 Å². The molecule has 0 aromatic carbocycles. The zero-order valence-electron chi connectivity index (χ0n) is 7.09. The Bertz CT molecular complexity index is 73.7. The van der Waals surface area contributed by atoms with Gasteiger partial charge in [0.15, 0.2) is 0 Å². The van der Waals surface area contributed by atoms with Crippen LogP contribution in [-0.2, 0) is 5.11 Å². The molecule has 1 radical (unpaired) electrons. The molecule has 0 saturated heterocycles. The van der Waals surface area contributed by atoms with Crippen LogP contribution in [0.25, 0.3) is 0 Å². The first-order valence-corrected chi connectivity index (χ1v) is 4.97. The maximum Gasteiger partial charge on any atom is 0.0912 e. The monoisotopic (exact) mass is 161 g/mol. The van der Waals surface area contributed by atoms with E-state index in [-0.39, 0.29) is 6.61 Å². The van der Waals surface area contributed by atoms with Gasteiger partial charge in [-0.25, -0.2) is 5.11 Å². The van der Waals surface area contributed by atoms with Crippen LogP contribution in [-0.4, -0.2) is 17.6 Å². The van der Waals surface area contributed by atoms with E-state index in [1.807, 2.05) is 11.8 Å². The normalized spacial score (nSPS) is 14.1. The van der Waals surface area contributed by atoms with Crippen molar-refractivity contribution in [3.05, 3.63) is 0 Å². The largest absolute Gasteiger partial charge is 0.236 e. The Hall–Kier alpha value is 0.310. The molecule has 0 saturated carbocycles. The van der Waals surface area contributed by atoms with E-state index in [1.54, 1.807) is 0 Å². The molecule has 0 N–H and O–H groups in total. The van der Waals surface area contributed by atoms with Gasteiger partial charge in [0.05, 0.1) is 6.61 Å². The zero-order valence-corrected chi connectivity index (χ0v) is 7.91. The van der Waals surface area contributed by atoms with E-state index in [1.165, 1.54) is 6.42 Å². The van der Waals surface area contributed by atoms with Gasteiger partial charge in [-0.1, -0.05) is 20.8 Å². The van der Waals surface area contributed by atoms with Gasteiger partial charge in [0, 0.05) is 11.0 Å². The summed E-state index contributed by atoms with van der Waals surface area (Å²) in [5, 5.41) is 10.8. The van der Waals surface area contributed by atoms with Crippen LogP contribution in [0.3, 0.4) is 0 Å². The topological polar surface area (TPSA) is 19.9 Å². The molecular weight excluding hydrogens is 144 g/mol. The highest BCUT2D eigenvalue weighted by atomic mass is 32.2. The Morgan fingerprint density at radius 3 is 2.30 bits per heavy atom. The fourth-order valence-electron chi connectivity index (χ4n) is 0.981. The minimum atomic E-state index is 0.0634. The lowest BCUT2D eigenvalue weighted by Crippen LogP contribution is -2.10.